The number of nitrogens with zero attached hydrogens (tertiary/aromatic N) is 4. The van der Waals surface area contributed by atoms with E-state index < -0.39 is 10.0 Å². The van der Waals surface area contributed by atoms with Crippen molar-refractivity contribution in [1.82, 2.24) is 14.8 Å². The Labute approximate surface area is 162 Å². The molecular weight excluding hydrogens is 378 g/mol. The van der Waals surface area contributed by atoms with Crippen molar-refractivity contribution >= 4 is 27.3 Å². The number of carbonyl (C=O) groups excluding carboxylic acids is 1. The van der Waals surface area contributed by atoms with Gasteiger partial charge in [-0.25, -0.2) is 8.42 Å². The molecule has 9 heteroatoms. The first-order chi connectivity index (χ1) is 13.4. The van der Waals surface area contributed by atoms with Gasteiger partial charge in [-0.15, -0.1) is 10.2 Å². The Morgan fingerprint density at radius 2 is 1.86 bits per heavy atom. The summed E-state index contributed by atoms with van der Waals surface area (Å²) in [7, 11) is -3.76. The molecule has 0 unspecified atom stereocenters. The van der Waals surface area contributed by atoms with Gasteiger partial charge in [-0.1, -0.05) is 6.07 Å². The topological polar surface area (TPSA) is 97.2 Å². The van der Waals surface area contributed by atoms with Gasteiger partial charge in [0.25, 0.3) is 10.0 Å². The Morgan fingerprint density at radius 3 is 2.50 bits per heavy atom. The van der Waals surface area contributed by atoms with Crippen molar-refractivity contribution < 1.29 is 13.2 Å². The molecule has 2 heterocycles. The quantitative estimate of drug-likeness (QED) is 0.713. The van der Waals surface area contributed by atoms with Crippen molar-refractivity contribution in [3.63, 3.8) is 0 Å². The number of aromatic nitrogens is 3. The zero-order valence-corrected chi connectivity index (χ0v) is 16.1. The van der Waals surface area contributed by atoms with Gasteiger partial charge in [-0.2, -0.15) is 0 Å². The lowest BCUT2D eigenvalue weighted by Gasteiger charge is -2.16. The predicted molar refractivity (Wildman–Crippen MR) is 105 cm³/mol. The third kappa shape index (κ3) is 3.48. The predicted octanol–water partition coefficient (Wildman–Crippen LogP) is 2.50. The number of anilines is 2. The fourth-order valence-corrected chi connectivity index (χ4v) is 4.26. The van der Waals surface area contributed by atoms with Gasteiger partial charge < -0.3 is 4.90 Å². The second-order valence-corrected chi connectivity index (χ2v) is 8.23. The van der Waals surface area contributed by atoms with Crippen LogP contribution in [0, 0.1) is 6.92 Å². The summed E-state index contributed by atoms with van der Waals surface area (Å²) in [5.74, 6) is 0.766. The first kappa shape index (κ1) is 18.2. The third-order valence-corrected chi connectivity index (χ3v) is 6.02. The number of nitrogens with one attached hydrogen (secondary N) is 1. The molecule has 8 nitrogen and oxygen atoms in total. The van der Waals surface area contributed by atoms with Gasteiger partial charge in [0.1, 0.15) is 12.2 Å². The highest BCUT2D eigenvalue weighted by Crippen LogP contribution is 2.24. The van der Waals surface area contributed by atoms with E-state index in [0.29, 0.717) is 30.2 Å². The molecule has 1 N–H and O–H groups in total. The van der Waals surface area contributed by atoms with E-state index >= 15 is 0 Å². The number of hydrogen-bond acceptors (Lipinski definition) is 5. The normalized spacial score (nSPS) is 14.5. The van der Waals surface area contributed by atoms with E-state index in [1.807, 2.05) is 13.0 Å². The Balaban J connectivity index is 1.56. The van der Waals surface area contributed by atoms with Gasteiger partial charge in [-0.05, 0) is 55.8 Å². The van der Waals surface area contributed by atoms with Crippen LogP contribution in [0.3, 0.4) is 0 Å². The van der Waals surface area contributed by atoms with Crippen molar-refractivity contribution in [2.24, 2.45) is 0 Å². The lowest BCUT2D eigenvalue weighted by Crippen LogP contribution is -2.23. The van der Waals surface area contributed by atoms with Gasteiger partial charge in [0.2, 0.25) is 5.91 Å². The SMILES string of the molecule is Cc1nncn1-c1cccc(NS(=O)(=O)c2ccc(N3CCCC3=O)cc2)c1. The summed E-state index contributed by atoms with van der Waals surface area (Å²) in [5.41, 5.74) is 1.90. The Morgan fingerprint density at radius 1 is 1.07 bits per heavy atom. The minimum atomic E-state index is -3.76. The smallest absolute Gasteiger partial charge is 0.261 e. The van der Waals surface area contributed by atoms with Crippen LogP contribution in [0.4, 0.5) is 11.4 Å². The summed E-state index contributed by atoms with van der Waals surface area (Å²) in [6, 6.07) is 13.3. The lowest BCUT2D eigenvalue weighted by atomic mass is 10.3. The number of hydrogen-bond donors (Lipinski definition) is 1. The maximum atomic E-state index is 12.7. The van der Waals surface area contributed by atoms with Gasteiger partial charge in [0, 0.05) is 18.7 Å². The number of carbonyl (C=O) groups is 1. The molecular formula is C19H19N5O3S. The van der Waals surface area contributed by atoms with Crippen molar-refractivity contribution in [3.05, 3.63) is 60.7 Å². The maximum absolute atomic E-state index is 12.7. The molecule has 1 fully saturated rings. The van der Waals surface area contributed by atoms with Crippen LogP contribution < -0.4 is 9.62 Å². The van der Waals surface area contributed by atoms with Crippen LogP contribution in [0.2, 0.25) is 0 Å². The summed E-state index contributed by atoms with van der Waals surface area (Å²) < 4.78 is 29.8. The molecule has 1 aromatic heterocycles. The summed E-state index contributed by atoms with van der Waals surface area (Å²) in [4.78, 5) is 13.6. The number of aryl methyl sites for hydroxylation is 1. The van der Waals surface area contributed by atoms with Crippen LogP contribution in [0.15, 0.2) is 59.8 Å². The molecule has 144 valence electrons. The van der Waals surface area contributed by atoms with E-state index in [2.05, 4.69) is 14.9 Å². The van der Waals surface area contributed by atoms with Crippen molar-refractivity contribution in [2.45, 2.75) is 24.7 Å². The zero-order chi connectivity index (χ0) is 19.7. The van der Waals surface area contributed by atoms with Crippen LogP contribution in [0.5, 0.6) is 0 Å². The minimum Gasteiger partial charge on any atom is -0.312 e. The molecule has 1 aliphatic heterocycles. The van der Waals surface area contributed by atoms with E-state index in [1.165, 1.54) is 12.1 Å². The highest BCUT2D eigenvalue weighted by Gasteiger charge is 2.22. The molecule has 28 heavy (non-hydrogen) atoms. The standard InChI is InChI=1S/C19H19N5O3S/c1-14-21-20-13-24(14)17-5-2-4-15(12-17)22-28(26,27)18-9-7-16(8-10-18)23-11-3-6-19(23)25/h2,4-5,7-10,12-13,22H,3,6,11H2,1H3. The van der Waals surface area contributed by atoms with Crippen LogP contribution in [0.25, 0.3) is 5.69 Å². The molecule has 0 spiro atoms. The zero-order valence-electron chi connectivity index (χ0n) is 15.2. The monoisotopic (exact) mass is 397 g/mol. The second kappa shape index (κ2) is 7.08. The Hall–Kier alpha value is -3.20. The summed E-state index contributed by atoms with van der Waals surface area (Å²) >= 11 is 0. The molecule has 2 aromatic carbocycles. The number of sulfonamides is 1. The van der Waals surface area contributed by atoms with E-state index in [1.54, 1.807) is 46.1 Å². The molecule has 0 saturated carbocycles. The van der Waals surface area contributed by atoms with E-state index in [0.717, 1.165) is 12.1 Å². The first-order valence-electron chi connectivity index (χ1n) is 8.84. The summed E-state index contributed by atoms with van der Waals surface area (Å²) in [6.07, 6.45) is 2.92. The van der Waals surface area contributed by atoms with E-state index in [-0.39, 0.29) is 10.8 Å². The molecule has 0 radical (unpaired) electrons. The molecule has 1 aliphatic rings. The summed E-state index contributed by atoms with van der Waals surface area (Å²) in [6.45, 7) is 2.48. The van der Waals surface area contributed by atoms with Gasteiger partial charge in [0.15, 0.2) is 0 Å². The fourth-order valence-electron chi connectivity index (χ4n) is 3.21. The molecule has 0 bridgehead atoms. The van der Waals surface area contributed by atoms with Gasteiger partial charge >= 0.3 is 0 Å². The lowest BCUT2D eigenvalue weighted by molar-refractivity contribution is -0.117. The molecule has 1 saturated heterocycles. The highest BCUT2D eigenvalue weighted by molar-refractivity contribution is 7.92. The van der Waals surface area contributed by atoms with E-state index in [4.69, 9.17) is 0 Å². The number of amides is 1. The molecule has 0 aliphatic carbocycles. The third-order valence-electron chi connectivity index (χ3n) is 4.63. The summed E-state index contributed by atoms with van der Waals surface area (Å²) in [5, 5.41) is 7.78. The Bertz CT molecular complexity index is 1120. The van der Waals surface area contributed by atoms with Gasteiger partial charge in [0.05, 0.1) is 16.3 Å². The average Bonchev–Trinajstić information content (AvgIpc) is 3.30. The molecule has 4 rings (SSSR count). The van der Waals surface area contributed by atoms with Crippen LogP contribution in [0.1, 0.15) is 18.7 Å². The van der Waals surface area contributed by atoms with Crippen LogP contribution in [-0.2, 0) is 14.8 Å². The Kier molecular flexibility index (Phi) is 4.60. The van der Waals surface area contributed by atoms with Crippen LogP contribution >= 0.6 is 0 Å². The van der Waals surface area contributed by atoms with Crippen molar-refractivity contribution in [3.8, 4) is 5.69 Å². The second-order valence-electron chi connectivity index (χ2n) is 6.55. The average molecular weight is 397 g/mol. The van der Waals surface area contributed by atoms with Crippen molar-refractivity contribution in [2.75, 3.05) is 16.2 Å². The highest BCUT2D eigenvalue weighted by atomic mass is 32.2. The van der Waals surface area contributed by atoms with Crippen LogP contribution in [-0.4, -0.2) is 35.6 Å². The first-order valence-corrected chi connectivity index (χ1v) is 10.3. The fraction of sp³-hybridized carbons (Fsp3) is 0.211. The van der Waals surface area contributed by atoms with Crippen molar-refractivity contribution in [1.29, 1.82) is 0 Å². The number of rotatable bonds is 5. The minimum absolute atomic E-state index is 0.0647. The van der Waals surface area contributed by atoms with Gasteiger partial charge in [-0.3, -0.25) is 14.1 Å². The number of benzene rings is 2. The van der Waals surface area contributed by atoms with E-state index in [9.17, 15) is 13.2 Å². The molecule has 0 atom stereocenters. The maximum Gasteiger partial charge on any atom is 0.261 e. The molecule has 3 aromatic rings. The largest absolute Gasteiger partial charge is 0.312 e. The molecule has 1 amide bonds.